The van der Waals surface area contributed by atoms with Crippen LogP contribution in [0, 0.1) is 30.0 Å². The zero-order chi connectivity index (χ0) is 21.3. The van der Waals surface area contributed by atoms with E-state index < -0.39 is 0 Å². The molecule has 1 fully saturated rings. The number of amides is 1. The van der Waals surface area contributed by atoms with Crippen molar-refractivity contribution in [2.24, 2.45) is 5.92 Å². The van der Waals surface area contributed by atoms with Crippen molar-refractivity contribution < 1.29 is 9.18 Å². The minimum atomic E-state index is -0.377. The number of benzene rings is 1. The second-order valence-electron chi connectivity index (χ2n) is 7.39. The maximum atomic E-state index is 14.1. The van der Waals surface area contributed by atoms with Crippen molar-refractivity contribution >= 4 is 39.9 Å². The summed E-state index contributed by atoms with van der Waals surface area (Å²) < 4.78 is 14.1. The Morgan fingerprint density at radius 3 is 2.90 bits per heavy atom. The van der Waals surface area contributed by atoms with Crippen molar-refractivity contribution in [2.75, 3.05) is 23.3 Å². The van der Waals surface area contributed by atoms with Crippen molar-refractivity contribution in [2.45, 2.75) is 19.8 Å². The predicted molar refractivity (Wildman–Crippen MR) is 114 cm³/mol. The smallest absolute Gasteiger partial charge is 0.230 e. The van der Waals surface area contributed by atoms with Gasteiger partial charge in [-0.3, -0.25) is 9.78 Å². The van der Waals surface area contributed by atoms with E-state index in [0.717, 1.165) is 6.42 Å². The third kappa shape index (κ3) is 3.91. The Balaban J connectivity index is 1.64. The van der Waals surface area contributed by atoms with Gasteiger partial charge in [-0.1, -0.05) is 11.6 Å². The fourth-order valence-corrected chi connectivity index (χ4v) is 4.03. The minimum absolute atomic E-state index is 0.145. The molecule has 6 nitrogen and oxygen atoms in total. The summed E-state index contributed by atoms with van der Waals surface area (Å²) in [5, 5.41) is 13.5. The molecule has 0 aliphatic carbocycles. The molecule has 1 N–H and O–H groups in total. The Bertz CT molecular complexity index is 1160. The highest BCUT2D eigenvalue weighted by Crippen LogP contribution is 2.34. The van der Waals surface area contributed by atoms with Gasteiger partial charge < -0.3 is 10.2 Å². The molecule has 0 radical (unpaired) electrons. The number of halogens is 2. The monoisotopic (exact) mass is 423 g/mol. The summed E-state index contributed by atoms with van der Waals surface area (Å²) in [6, 6.07) is 8.31. The number of anilines is 2. The van der Waals surface area contributed by atoms with Crippen LogP contribution >= 0.6 is 11.6 Å². The van der Waals surface area contributed by atoms with E-state index in [1.807, 2.05) is 4.90 Å². The molecule has 8 heteroatoms. The van der Waals surface area contributed by atoms with Crippen LogP contribution in [-0.4, -0.2) is 29.0 Å². The number of nitrogens with zero attached hydrogens (tertiary/aromatic N) is 4. The molecule has 3 aromatic rings. The zero-order valence-corrected chi connectivity index (χ0v) is 17.1. The average Bonchev–Trinajstić information content (AvgIpc) is 2.74. The Labute approximate surface area is 178 Å². The molecule has 1 atom stereocenters. The summed E-state index contributed by atoms with van der Waals surface area (Å²) in [6.07, 6.45) is 4.48. The van der Waals surface area contributed by atoms with E-state index in [1.54, 1.807) is 19.1 Å². The summed E-state index contributed by atoms with van der Waals surface area (Å²) in [4.78, 5) is 23.3. The number of pyridine rings is 2. The molecule has 1 unspecified atom stereocenters. The minimum Gasteiger partial charge on any atom is -0.369 e. The van der Waals surface area contributed by atoms with Gasteiger partial charge in [0.15, 0.2) is 0 Å². The Hall–Kier alpha value is -3.24. The quantitative estimate of drug-likeness (QED) is 0.672. The van der Waals surface area contributed by atoms with Crippen LogP contribution in [0.25, 0.3) is 10.9 Å². The van der Waals surface area contributed by atoms with E-state index >= 15 is 0 Å². The highest BCUT2D eigenvalue weighted by atomic mass is 35.5. The molecule has 1 saturated heterocycles. The number of piperidine rings is 1. The largest absolute Gasteiger partial charge is 0.369 e. The molecule has 1 aromatic carbocycles. The number of aromatic nitrogens is 2. The molecule has 30 heavy (non-hydrogen) atoms. The standard InChI is InChI=1S/C22H19ClFN5O/c1-13-7-17(24)8-18-20(13)27-10-15(9-25)21(18)29-6-2-3-14(12-29)22(30)28-19-5-4-16(23)11-26-19/h4-5,7-8,10-11,14H,2-3,6,12H2,1H3,(H,26,28,30). The van der Waals surface area contributed by atoms with E-state index in [-0.39, 0.29) is 17.6 Å². The van der Waals surface area contributed by atoms with Gasteiger partial charge in [-0.2, -0.15) is 5.26 Å². The molecule has 2 aromatic heterocycles. The molecule has 1 aliphatic heterocycles. The first-order valence-electron chi connectivity index (χ1n) is 9.62. The van der Waals surface area contributed by atoms with Gasteiger partial charge in [0, 0.05) is 30.9 Å². The lowest BCUT2D eigenvalue weighted by atomic mass is 9.95. The lowest BCUT2D eigenvalue weighted by Crippen LogP contribution is -2.41. The van der Waals surface area contributed by atoms with E-state index in [0.29, 0.717) is 58.1 Å². The number of nitrogens with one attached hydrogen (secondary N) is 1. The van der Waals surface area contributed by atoms with Crippen LogP contribution in [0.3, 0.4) is 0 Å². The van der Waals surface area contributed by atoms with Crippen molar-refractivity contribution in [3.63, 3.8) is 0 Å². The maximum Gasteiger partial charge on any atom is 0.230 e. The molecule has 0 bridgehead atoms. The van der Waals surface area contributed by atoms with Crippen LogP contribution in [0.4, 0.5) is 15.9 Å². The molecule has 1 aliphatic rings. The van der Waals surface area contributed by atoms with E-state index in [4.69, 9.17) is 11.6 Å². The van der Waals surface area contributed by atoms with E-state index in [1.165, 1.54) is 24.5 Å². The SMILES string of the molecule is Cc1cc(F)cc2c(N3CCCC(C(=O)Nc4ccc(Cl)cn4)C3)c(C#N)cnc12. The lowest BCUT2D eigenvalue weighted by Gasteiger charge is -2.34. The number of fused-ring (bicyclic) bond motifs is 1. The fraction of sp³-hybridized carbons (Fsp3) is 0.273. The van der Waals surface area contributed by atoms with Crippen LogP contribution in [0.2, 0.25) is 5.02 Å². The summed E-state index contributed by atoms with van der Waals surface area (Å²) in [6.45, 7) is 2.88. The normalized spacial score (nSPS) is 16.3. The number of aryl methyl sites for hydroxylation is 1. The molecule has 4 rings (SSSR count). The van der Waals surface area contributed by atoms with Crippen molar-refractivity contribution in [1.82, 2.24) is 9.97 Å². The number of hydrogen-bond acceptors (Lipinski definition) is 5. The number of carbonyl (C=O) groups excluding carboxylic acids is 1. The van der Waals surface area contributed by atoms with Crippen LogP contribution in [-0.2, 0) is 4.79 Å². The van der Waals surface area contributed by atoms with Crippen LogP contribution in [0.1, 0.15) is 24.0 Å². The van der Waals surface area contributed by atoms with Crippen LogP contribution in [0.15, 0.2) is 36.7 Å². The lowest BCUT2D eigenvalue weighted by molar-refractivity contribution is -0.120. The fourth-order valence-electron chi connectivity index (χ4n) is 3.92. The molecular formula is C22H19ClFN5O. The van der Waals surface area contributed by atoms with E-state index in [9.17, 15) is 14.4 Å². The molecule has 152 valence electrons. The van der Waals surface area contributed by atoms with Crippen LogP contribution in [0.5, 0.6) is 0 Å². The van der Waals surface area contributed by atoms with Gasteiger partial charge in [-0.15, -0.1) is 0 Å². The van der Waals surface area contributed by atoms with Crippen molar-refractivity contribution in [3.8, 4) is 6.07 Å². The molecule has 3 heterocycles. The summed E-state index contributed by atoms with van der Waals surface area (Å²) in [5.41, 5.74) is 2.36. The molecular weight excluding hydrogens is 405 g/mol. The Morgan fingerprint density at radius 1 is 1.33 bits per heavy atom. The van der Waals surface area contributed by atoms with Crippen LogP contribution < -0.4 is 10.2 Å². The second-order valence-corrected chi connectivity index (χ2v) is 7.82. The van der Waals surface area contributed by atoms with Gasteiger partial charge in [0.25, 0.3) is 0 Å². The summed E-state index contributed by atoms with van der Waals surface area (Å²) in [5.74, 6) is -0.376. The number of carbonyl (C=O) groups is 1. The van der Waals surface area contributed by atoms with Gasteiger partial charge >= 0.3 is 0 Å². The molecule has 1 amide bonds. The number of nitriles is 1. The Morgan fingerprint density at radius 2 is 2.17 bits per heavy atom. The molecule has 0 spiro atoms. The van der Waals surface area contributed by atoms with Gasteiger partial charge in [-0.25, -0.2) is 9.37 Å². The highest BCUT2D eigenvalue weighted by molar-refractivity contribution is 6.30. The topological polar surface area (TPSA) is 81.9 Å². The Kier molecular flexibility index (Phi) is 5.51. The summed E-state index contributed by atoms with van der Waals surface area (Å²) >= 11 is 5.84. The highest BCUT2D eigenvalue weighted by Gasteiger charge is 2.29. The predicted octanol–water partition coefficient (Wildman–Crippen LogP) is 4.46. The maximum absolute atomic E-state index is 14.1. The molecule has 0 saturated carbocycles. The van der Waals surface area contributed by atoms with Crippen molar-refractivity contribution in [3.05, 3.63) is 58.6 Å². The van der Waals surface area contributed by atoms with E-state index in [2.05, 4.69) is 21.4 Å². The first-order chi connectivity index (χ1) is 14.5. The van der Waals surface area contributed by atoms with Gasteiger partial charge in [0.1, 0.15) is 17.7 Å². The third-order valence-electron chi connectivity index (χ3n) is 5.31. The average molecular weight is 424 g/mol. The number of rotatable bonds is 3. The van der Waals surface area contributed by atoms with Gasteiger partial charge in [0.05, 0.1) is 27.7 Å². The first kappa shape index (κ1) is 20.0. The first-order valence-corrected chi connectivity index (χ1v) is 10.0. The van der Waals surface area contributed by atoms with Gasteiger partial charge in [0.2, 0.25) is 5.91 Å². The number of hydrogen-bond donors (Lipinski definition) is 1. The summed E-state index contributed by atoms with van der Waals surface area (Å²) in [7, 11) is 0. The van der Waals surface area contributed by atoms with Gasteiger partial charge in [-0.05, 0) is 49.6 Å². The van der Waals surface area contributed by atoms with Crippen molar-refractivity contribution in [1.29, 1.82) is 5.26 Å². The second kappa shape index (κ2) is 8.25. The third-order valence-corrected chi connectivity index (χ3v) is 5.53. The zero-order valence-electron chi connectivity index (χ0n) is 16.3.